The molecule has 3 aromatic rings. The van der Waals surface area contributed by atoms with Crippen LogP contribution in [0.2, 0.25) is 0 Å². The van der Waals surface area contributed by atoms with Crippen LogP contribution in [-0.2, 0) is 16.4 Å². The summed E-state index contributed by atoms with van der Waals surface area (Å²) in [7, 11) is -3.33. The molecule has 0 radical (unpaired) electrons. The van der Waals surface area contributed by atoms with E-state index < -0.39 is 27.5 Å². The van der Waals surface area contributed by atoms with Crippen molar-refractivity contribution < 1.29 is 18.3 Å². The van der Waals surface area contributed by atoms with Crippen LogP contribution in [0.1, 0.15) is 50.3 Å². The number of nitrogens with one attached hydrogen (secondary N) is 1. The molecule has 0 saturated carbocycles. The topological polar surface area (TPSA) is 136 Å². The molecule has 1 aromatic heterocycles. The fraction of sp³-hybridized carbons (Fsp3) is 0.484. The van der Waals surface area contributed by atoms with Crippen LogP contribution in [0.3, 0.4) is 0 Å². The van der Waals surface area contributed by atoms with E-state index >= 15 is 0 Å². The van der Waals surface area contributed by atoms with Crippen molar-refractivity contribution in [3.63, 3.8) is 0 Å². The van der Waals surface area contributed by atoms with E-state index in [4.69, 9.17) is 10.7 Å². The predicted octanol–water partition coefficient (Wildman–Crippen LogP) is 3.46. The summed E-state index contributed by atoms with van der Waals surface area (Å²) >= 11 is 0. The number of carbonyl (C=O) groups is 1. The highest BCUT2D eigenvalue weighted by atomic mass is 32.2. The number of aliphatic hydroxyl groups is 1. The fourth-order valence-corrected chi connectivity index (χ4v) is 6.30. The Labute approximate surface area is 249 Å². The molecule has 1 saturated heterocycles. The highest BCUT2D eigenvalue weighted by Crippen LogP contribution is 2.39. The first-order valence-corrected chi connectivity index (χ1v) is 16.3. The van der Waals surface area contributed by atoms with Gasteiger partial charge in [-0.25, -0.2) is 18.2 Å². The molecule has 42 heavy (non-hydrogen) atoms. The molecule has 1 aliphatic heterocycles. The van der Waals surface area contributed by atoms with E-state index in [1.807, 2.05) is 48.5 Å². The summed E-state index contributed by atoms with van der Waals surface area (Å²) in [5.41, 5.74) is 9.60. The molecule has 2 atom stereocenters. The number of carbonyl (C=O) groups excluding carboxylic acids is 1. The summed E-state index contributed by atoms with van der Waals surface area (Å²) in [4.78, 5) is 26.5. The number of urea groups is 1. The lowest BCUT2D eigenvalue weighted by atomic mass is 9.84. The minimum Gasteiger partial charge on any atom is -0.395 e. The minimum atomic E-state index is -3.33. The van der Waals surface area contributed by atoms with Crippen molar-refractivity contribution in [2.75, 3.05) is 45.6 Å². The summed E-state index contributed by atoms with van der Waals surface area (Å²) < 4.78 is 25.6. The normalized spacial score (nSPS) is 16.3. The van der Waals surface area contributed by atoms with Gasteiger partial charge in [-0.2, -0.15) is 4.31 Å². The van der Waals surface area contributed by atoms with Gasteiger partial charge < -0.3 is 25.6 Å². The van der Waals surface area contributed by atoms with Crippen molar-refractivity contribution >= 4 is 16.1 Å². The van der Waals surface area contributed by atoms with E-state index in [1.54, 1.807) is 9.80 Å². The number of amides is 2. The average molecular weight is 597 g/mol. The molecule has 10 nitrogen and oxygen atoms in total. The van der Waals surface area contributed by atoms with E-state index in [1.165, 1.54) is 10.6 Å². The standard InChI is InChI=1S/C31H44N6O4S/c1-31(2,3)28(37(16-15-25(32)22-38)30(39)35-17-19-36(20-18-35)42(4,40)41)29-33-26(21-23-11-7-5-8-12-23)27(34-29)24-13-9-6-10-14-24/h5-14,25,28,38H,15-22,32H2,1-4H3,(H,33,34)/t25-,28-/m0/s1. The number of piperazine rings is 1. The number of hydrogen-bond donors (Lipinski definition) is 3. The third kappa shape index (κ3) is 7.77. The number of benzene rings is 2. The first kappa shape index (κ1) is 31.7. The molecular weight excluding hydrogens is 552 g/mol. The largest absolute Gasteiger partial charge is 0.395 e. The maximum Gasteiger partial charge on any atom is 0.320 e. The van der Waals surface area contributed by atoms with Gasteiger partial charge in [-0.1, -0.05) is 81.4 Å². The quantitative estimate of drug-likeness (QED) is 0.328. The smallest absolute Gasteiger partial charge is 0.320 e. The molecule has 11 heteroatoms. The molecule has 1 aliphatic rings. The molecule has 0 aliphatic carbocycles. The fourth-order valence-electron chi connectivity index (χ4n) is 5.47. The van der Waals surface area contributed by atoms with Crippen molar-refractivity contribution in [3.8, 4) is 11.3 Å². The Morgan fingerprint density at radius 3 is 2.19 bits per heavy atom. The molecule has 0 bridgehead atoms. The molecule has 4 N–H and O–H groups in total. The minimum absolute atomic E-state index is 0.185. The van der Waals surface area contributed by atoms with Gasteiger partial charge in [0.15, 0.2) is 0 Å². The Morgan fingerprint density at radius 1 is 1.05 bits per heavy atom. The second-order valence-corrected chi connectivity index (χ2v) is 14.1. The van der Waals surface area contributed by atoms with Gasteiger partial charge in [-0.3, -0.25) is 0 Å². The molecular formula is C31H44N6O4S. The van der Waals surface area contributed by atoms with E-state index in [-0.39, 0.29) is 38.8 Å². The number of nitrogens with two attached hydrogens (primary N) is 1. The lowest BCUT2D eigenvalue weighted by Gasteiger charge is -2.43. The lowest BCUT2D eigenvalue weighted by molar-refractivity contribution is 0.0744. The maximum atomic E-state index is 14.2. The Balaban J connectivity index is 1.75. The van der Waals surface area contributed by atoms with Crippen molar-refractivity contribution in [1.29, 1.82) is 0 Å². The van der Waals surface area contributed by atoms with Crippen LogP contribution in [0.4, 0.5) is 4.79 Å². The number of rotatable bonds is 10. The first-order valence-electron chi connectivity index (χ1n) is 14.4. The summed E-state index contributed by atoms with van der Waals surface area (Å²) in [5, 5.41) is 9.64. The zero-order chi connectivity index (χ0) is 30.5. The van der Waals surface area contributed by atoms with Crippen LogP contribution in [0.25, 0.3) is 11.3 Å². The van der Waals surface area contributed by atoms with Crippen LogP contribution in [0, 0.1) is 5.41 Å². The second kappa shape index (κ2) is 13.4. The molecule has 0 unspecified atom stereocenters. The van der Waals surface area contributed by atoms with Gasteiger partial charge >= 0.3 is 6.03 Å². The van der Waals surface area contributed by atoms with Crippen LogP contribution in [0.5, 0.6) is 0 Å². The highest BCUT2D eigenvalue weighted by Gasteiger charge is 2.40. The third-order valence-electron chi connectivity index (χ3n) is 7.66. The van der Waals surface area contributed by atoms with Crippen molar-refractivity contribution in [1.82, 2.24) is 24.1 Å². The van der Waals surface area contributed by atoms with Crippen LogP contribution < -0.4 is 5.73 Å². The Morgan fingerprint density at radius 2 is 1.64 bits per heavy atom. The number of aliphatic hydroxyl groups excluding tert-OH is 1. The Bertz CT molecular complexity index is 1410. The summed E-state index contributed by atoms with van der Waals surface area (Å²) in [6, 6.07) is 19.1. The number of nitrogens with zero attached hydrogens (tertiary/aromatic N) is 4. The summed E-state index contributed by atoms with van der Waals surface area (Å²) in [5.74, 6) is 0.674. The Hall–Kier alpha value is -3.25. The number of sulfonamides is 1. The van der Waals surface area contributed by atoms with Gasteiger partial charge in [0, 0.05) is 56.4 Å². The van der Waals surface area contributed by atoms with Gasteiger partial charge in [0.2, 0.25) is 10.0 Å². The molecule has 1 fully saturated rings. The number of H-pyrrole nitrogens is 1. The van der Waals surface area contributed by atoms with Gasteiger partial charge in [-0.15, -0.1) is 0 Å². The number of hydrogen-bond acceptors (Lipinski definition) is 6. The van der Waals surface area contributed by atoms with Gasteiger partial charge in [-0.05, 0) is 17.4 Å². The molecule has 2 aromatic carbocycles. The van der Waals surface area contributed by atoms with E-state index in [2.05, 4.69) is 37.9 Å². The molecule has 228 valence electrons. The third-order valence-corrected chi connectivity index (χ3v) is 8.96. The SMILES string of the molecule is CC(C)(C)[C@H](c1nc(-c2ccccc2)c(Cc2ccccc2)[nH]1)N(CC[C@H](N)CO)C(=O)N1CCN(S(C)(=O)=O)CC1. The zero-order valence-corrected chi connectivity index (χ0v) is 25.8. The van der Waals surface area contributed by atoms with E-state index in [0.717, 1.165) is 22.5 Å². The summed E-state index contributed by atoms with van der Waals surface area (Å²) in [6.07, 6.45) is 2.24. The number of aromatic amines is 1. The number of aromatic nitrogens is 2. The van der Waals surface area contributed by atoms with Crippen LogP contribution in [-0.4, -0.2) is 95.3 Å². The van der Waals surface area contributed by atoms with Crippen molar-refractivity contribution in [2.45, 2.75) is 45.7 Å². The first-order chi connectivity index (χ1) is 19.9. The summed E-state index contributed by atoms with van der Waals surface area (Å²) in [6.45, 7) is 7.42. The van der Waals surface area contributed by atoms with E-state index in [9.17, 15) is 18.3 Å². The van der Waals surface area contributed by atoms with Crippen LogP contribution >= 0.6 is 0 Å². The van der Waals surface area contributed by atoms with Gasteiger partial charge in [0.05, 0.1) is 24.6 Å². The predicted molar refractivity (Wildman–Crippen MR) is 165 cm³/mol. The maximum absolute atomic E-state index is 14.2. The molecule has 2 heterocycles. The number of imidazole rings is 1. The molecule has 0 spiro atoms. The molecule has 2 amide bonds. The highest BCUT2D eigenvalue weighted by molar-refractivity contribution is 7.88. The monoisotopic (exact) mass is 596 g/mol. The lowest BCUT2D eigenvalue weighted by Crippen LogP contribution is -2.56. The van der Waals surface area contributed by atoms with Gasteiger partial charge in [0.25, 0.3) is 0 Å². The Kier molecular flexibility index (Phi) is 10.1. The second-order valence-electron chi connectivity index (χ2n) is 12.1. The van der Waals surface area contributed by atoms with Gasteiger partial charge in [0.1, 0.15) is 5.82 Å². The van der Waals surface area contributed by atoms with Crippen molar-refractivity contribution in [3.05, 3.63) is 77.7 Å². The molecule has 4 rings (SSSR count). The van der Waals surface area contributed by atoms with Crippen molar-refractivity contribution in [2.24, 2.45) is 11.1 Å². The zero-order valence-electron chi connectivity index (χ0n) is 25.0. The van der Waals surface area contributed by atoms with E-state index in [0.29, 0.717) is 25.2 Å². The van der Waals surface area contributed by atoms with Crippen LogP contribution in [0.15, 0.2) is 60.7 Å². The average Bonchev–Trinajstić information content (AvgIpc) is 3.37.